The molecule has 122 valence electrons. The van der Waals surface area contributed by atoms with Crippen LogP contribution in [0.5, 0.6) is 0 Å². The monoisotopic (exact) mass is 346 g/mol. The lowest BCUT2D eigenvalue weighted by Gasteiger charge is -2.27. The molecule has 0 N–H and O–H groups in total. The SMILES string of the molecule is CCCCCCCCCC(C)(Br)CC(CC)CCCC. The quantitative estimate of drug-likeness (QED) is 0.221. The summed E-state index contributed by atoms with van der Waals surface area (Å²) in [6, 6.07) is 0. The van der Waals surface area contributed by atoms with E-state index in [9.17, 15) is 0 Å². The number of hydrogen-bond acceptors (Lipinski definition) is 0. The van der Waals surface area contributed by atoms with E-state index >= 15 is 0 Å². The van der Waals surface area contributed by atoms with Crippen LogP contribution in [0.15, 0.2) is 0 Å². The molecule has 0 aromatic rings. The Morgan fingerprint density at radius 1 is 0.800 bits per heavy atom. The molecule has 0 fully saturated rings. The van der Waals surface area contributed by atoms with Crippen molar-refractivity contribution in [3.8, 4) is 0 Å². The number of halogens is 1. The van der Waals surface area contributed by atoms with Gasteiger partial charge in [-0.05, 0) is 25.7 Å². The van der Waals surface area contributed by atoms with Gasteiger partial charge >= 0.3 is 0 Å². The zero-order valence-electron chi connectivity index (χ0n) is 14.6. The minimum atomic E-state index is 0.380. The maximum atomic E-state index is 4.01. The molecule has 0 saturated carbocycles. The molecule has 0 aromatic carbocycles. The lowest BCUT2D eigenvalue weighted by Crippen LogP contribution is -2.20. The first-order valence-corrected chi connectivity index (χ1v) is 10.0. The summed E-state index contributed by atoms with van der Waals surface area (Å²) in [4.78, 5) is 0. The van der Waals surface area contributed by atoms with Gasteiger partial charge in [0, 0.05) is 4.32 Å². The van der Waals surface area contributed by atoms with Crippen molar-refractivity contribution in [2.45, 2.75) is 115 Å². The average molecular weight is 347 g/mol. The molecule has 0 aliphatic heterocycles. The normalized spacial score (nSPS) is 16.1. The number of rotatable bonds is 14. The zero-order chi connectivity index (χ0) is 15.3. The molecule has 0 rings (SSSR count). The van der Waals surface area contributed by atoms with E-state index in [1.807, 2.05) is 0 Å². The summed E-state index contributed by atoms with van der Waals surface area (Å²) < 4.78 is 0.380. The third kappa shape index (κ3) is 12.2. The van der Waals surface area contributed by atoms with Gasteiger partial charge in [0.25, 0.3) is 0 Å². The van der Waals surface area contributed by atoms with Crippen molar-refractivity contribution >= 4 is 15.9 Å². The Morgan fingerprint density at radius 2 is 1.35 bits per heavy atom. The van der Waals surface area contributed by atoms with Crippen LogP contribution in [0, 0.1) is 5.92 Å². The number of unbranched alkanes of at least 4 members (excludes halogenated alkanes) is 7. The van der Waals surface area contributed by atoms with Gasteiger partial charge in [-0.25, -0.2) is 0 Å². The fraction of sp³-hybridized carbons (Fsp3) is 1.00. The number of alkyl halides is 1. The molecule has 0 aliphatic rings. The van der Waals surface area contributed by atoms with E-state index in [-0.39, 0.29) is 0 Å². The molecule has 1 heteroatoms. The van der Waals surface area contributed by atoms with Crippen molar-refractivity contribution in [2.24, 2.45) is 5.92 Å². The van der Waals surface area contributed by atoms with Gasteiger partial charge in [-0.1, -0.05) is 107 Å². The first-order chi connectivity index (χ1) is 9.55. The molecule has 2 atom stereocenters. The molecule has 0 aliphatic carbocycles. The Labute approximate surface area is 137 Å². The van der Waals surface area contributed by atoms with Crippen LogP contribution in [0.2, 0.25) is 0 Å². The highest BCUT2D eigenvalue weighted by Crippen LogP contribution is 2.35. The Morgan fingerprint density at radius 3 is 1.90 bits per heavy atom. The van der Waals surface area contributed by atoms with Crippen molar-refractivity contribution in [2.75, 3.05) is 0 Å². The van der Waals surface area contributed by atoms with E-state index in [2.05, 4.69) is 43.6 Å². The molecule has 0 amide bonds. The lowest BCUT2D eigenvalue weighted by molar-refractivity contribution is 0.361. The van der Waals surface area contributed by atoms with Gasteiger partial charge in [-0.3, -0.25) is 0 Å². The molecule has 0 aromatic heterocycles. The third-order valence-electron chi connectivity index (χ3n) is 4.56. The van der Waals surface area contributed by atoms with E-state index in [1.54, 1.807) is 0 Å². The van der Waals surface area contributed by atoms with Gasteiger partial charge in [0.05, 0.1) is 0 Å². The highest BCUT2D eigenvalue weighted by atomic mass is 79.9. The summed E-state index contributed by atoms with van der Waals surface area (Å²) in [7, 11) is 0. The molecule has 0 nitrogen and oxygen atoms in total. The van der Waals surface area contributed by atoms with E-state index in [0.717, 1.165) is 5.92 Å². The molecular weight excluding hydrogens is 308 g/mol. The Balaban J connectivity index is 3.70. The molecule has 0 radical (unpaired) electrons. The lowest BCUT2D eigenvalue weighted by atomic mass is 9.87. The van der Waals surface area contributed by atoms with Gasteiger partial charge in [-0.2, -0.15) is 0 Å². The van der Waals surface area contributed by atoms with Crippen LogP contribution in [0.3, 0.4) is 0 Å². The fourth-order valence-corrected chi connectivity index (χ4v) is 3.84. The van der Waals surface area contributed by atoms with Crippen LogP contribution < -0.4 is 0 Å². The summed E-state index contributed by atoms with van der Waals surface area (Å²) in [6.07, 6.45) is 18.2. The zero-order valence-corrected chi connectivity index (χ0v) is 16.2. The highest BCUT2D eigenvalue weighted by molar-refractivity contribution is 9.10. The molecule has 20 heavy (non-hydrogen) atoms. The predicted octanol–water partition coefficient (Wildman–Crippen LogP) is 7.89. The third-order valence-corrected chi connectivity index (χ3v) is 5.28. The molecule has 0 heterocycles. The Hall–Kier alpha value is 0.480. The van der Waals surface area contributed by atoms with Crippen molar-refractivity contribution in [1.29, 1.82) is 0 Å². The Bertz CT molecular complexity index is 198. The van der Waals surface area contributed by atoms with Crippen LogP contribution in [-0.4, -0.2) is 4.32 Å². The van der Waals surface area contributed by atoms with Crippen LogP contribution >= 0.6 is 15.9 Å². The topological polar surface area (TPSA) is 0 Å². The minimum Gasteiger partial charge on any atom is -0.0856 e. The molecule has 2 unspecified atom stereocenters. The summed E-state index contributed by atoms with van der Waals surface area (Å²) >= 11 is 4.01. The summed E-state index contributed by atoms with van der Waals surface area (Å²) in [6.45, 7) is 9.37. The molecule has 0 saturated heterocycles. The average Bonchev–Trinajstić information content (AvgIpc) is 2.42. The Kier molecular flexibility index (Phi) is 13.5. The molecule has 0 bridgehead atoms. The van der Waals surface area contributed by atoms with Crippen molar-refractivity contribution in [3.63, 3.8) is 0 Å². The van der Waals surface area contributed by atoms with Gasteiger partial charge in [-0.15, -0.1) is 0 Å². The second kappa shape index (κ2) is 13.2. The van der Waals surface area contributed by atoms with Crippen molar-refractivity contribution in [3.05, 3.63) is 0 Å². The van der Waals surface area contributed by atoms with Crippen LogP contribution in [0.25, 0.3) is 0 Å². The van der Waals surface area contributed by atoms with E-state index < -0.39 is 0 Å². The number of hydrogen-bond donors (Lipinski definition) is 0. The predicted molar refractivity (Wildman–Crippen MR) is 97.9 cm³/mol. The smallest absolute Gasteiger partial charge is 0.0232 e. The summed E-state index contributed by atoms with van der Waals surface area (Å²) in [5.74, 6) is 0.920. The van der Waals surface area contributed by atoms with Crippen molar-refractivity contribution < 1.29 is 0 Å². The second-order valence-corrected chi connectivity index (χ2v) is 8.82. The first kappa shape index (κ1) is 20.5. The first-order valence-electron chi connectivity index (χ1n) is 9.24. The molecule has 0 spiro atoms. The van der Waals surface area contributed by atoms with E-state index in [0.29, 0.717) is 4.32 Å². The highest BCUT2D eigenvalue weighted by Gasteiger charge is 2.23. The fourth-order valence-electron chi connectivity index (χ4n) is 3.10. The van der Waals surface area contributed by atoms with Gasteiger partial charge in [0.15, 0.2) is 0 Å². The van der Waals surface area contributed by atoms with Gasteiger partial charge in [0.2, 0.25) is 0 Å². The van der Waals surface area contributed by atoms with Crippen LogP contribution in [-0.2, 0) is 0 Å². The van der Waals surface area contributed by atoms with Gasteiger partial charge < -0.3 is 0 Å². The van der Waals surface area contributed by atoms with Crippen LogP contribution in [0.4, 0.5) is 0 Å². The summed E-state index contributed by atoms with van der Waals surface area (Å²) in [5.41, 5.74) is 0. The van der Waals surface area contributed by atoms with E-state index in [1.165, 1.54) is 83.5 Å². The van der Waals surface area contributed by atoms with Crippen molar-refractivity contribution in [1.82, 2.24) is 0 Å². The minimum absolute atomic E-state index is 0.380. The second-order valence-electron chi connectivity index (χ2n) is 6.91. The molecular formula is C19H39Br. The largest absolute Gasteiger partial charge is 0.0856 e. The van der Waals surface area contributed by atoms with Crippen LogP contribution in [0.1, 0.15) is 111 Å². The van der Waals surface area contributed by atoms with E-state index in [4.69, 9.17) is 0 Å². The van der Waals surface area contributed by atoms with Gasteiger partial charge in [0.1, 0.15) is 0 Å². The maximum absolute atomic E-state index is 4.01. The summed E-state index contributed by atoms with van der Waals surface area (Å²) in [5, 5.41) is 0. The standard InChI is InChI=1S/C19H39Br/c1-5-8-10-11-12-13-14-16-19(4,20)17-18(7-3)15-9-6-2/h18H,5-17H2,1-4H3. The maximum Gasteiger partial charge on any atom is 0.0232 e.